The minimum atomic E-state index is -0.462. The minimum absolute atomic E-state index is 0. The van der Waals surface area contributed by atoms with Gasteiger partial charge < -0.3 is 15.8 Å². The molecular formula is C15H18Cl2N4O2. The number of nitrogens with zero attached hydrogens (tertiary/aromatic N) is 2. The molecule has 0 aliphatic carbocycles. The predicted molar refractivity (Wildman–Crippen MR) is 91.4 cm³/mol. The van der Waals surface area contributed by atoms with Crippen LogP contribution in [0.25, 0.3) is 5.69 Å². The van der Waals surface area contributed by atoms with Crippen molar-refractivity contribution in [3.63, 3.8) is 0 Å². The van der Waals surface area contributed by atoms with E-state index in [-0.39, 0.29) is 24.4 Å². The summed E-state index contributed by atoms with van der Waals surface area (Å²) in [5.41, 5.74) is 6.34. The number of hydrogen-bond donors (Lipinski definition) is 2. The van der Waals surface area contributed by atoms with Crippen LogP contribution >= 0.6 is 24.0 Å². The number of nitrogens with two attached hydrogens (primary N) is 1. The van der Waals surface area contributed by atoms with E-state index in [0.717, 1.165) is 12.1 Å². The van der Waals surface area contributed by atoms with Crippen LogP contribution in [0.3, 0.4) is 0 Å². The molecule has 1 fully saturated rings. The lowest BCUT2D eigenvalue weighted by atomic mass is 10.2. The van der Waals surface area contributed by atoms with Gasteiger partial charge >= 0.3 is 0 Å². The first-order chi connectivity index (χ1) is 10.7. The van der Waals surface area contributed by atoms with E-state index < -0.39 is 6.10 Å². The Morgan fingerprint density at radius 1 is 1.43 bits per heavy atom. The summed E-state index contributed by atoms with van der Waals surface area (Å²) in [6.07, 6.45) is 2.61. The van der Waals surface area contributed by atoms with Crippen molar-refractivity contribution in [2.24, 2.45) is 5.73 Å². The van der Waals surface area contributed by atoms with Crippen LogP contribution in [-0.2, 0) is 9.53 Å². The molecule has 1 aliphatic rings. The van der Waals surface area contributed by atoms with E-state index in [2.05, 4.69) is 10.4 Å². The number of benzene rings is 1. The van der Waals surface area contributed by atoms with E-state index in [9.17, 15) is 4.79 Å². The van der Waals surface area contributed by atoms with Gasteiger partial charge in [-0.15, -0.1) is 12.4 Å². The number of ether oxygens (including phenoxy) is 1. The molecule has 0 unspecified atom stereocenters. The highest BCUT2D eigenvalue weighted by Gasteiger charge is 2.30. The average Bonchev–Trinajstić information content (AvgIpc) is 3.16. The highest BCUT2D eigenvalue weighted by Crippen LogP contribution is 2.22. The lowest BCUT2D eigenvalue weighted by Crippen LogP contribution is -2.30. The first-order valence-corrected chi connectivity index (χ1v) is 7.51. The summed E-state index contributed by atoms with van der Waals surface area (Å²) in [6.45, 7) is 0.435. The molecule has 2 heterocycles. The number of amides is 1. The predicted octanol–water partition coefficient (Wildman–Crippen LogP) is 2.39. The molecule has 23 heavy (non-hydrogen) atoms. The Morgan fingerprint density at radius 2 is 2.26 bits per heavy atom. The fraction of sp³-hybridized carbons (Fsp3) is 0.333. The Morgan fingerprint density at radius 3 is 2.96 bits per heavy atom. The monoisotopic (exact) mass is 356 g/mol. The molecule has 6 nitrogen and oxygen atoms in total. The second-order valence-electron chi connectivity index (χ2n) is 5.16. The number of carbonyl (C=O) groups is 1. The van der Waals surface area contributed by atoms with E-state index in [0.29, 0.717) is 23.8 Å². The van der Waals surface area contributed by atoms with Crippen molar-refractivity contribution in [3.8, 4) is 5.69 Å². The maximum Gasteiger partial charge on any atom is 0.254 e. The molecule has 0 spiro atoms. The molecule has 8 heteroatoms. The van der Waals surface area contributed by atoms with Crippen LogP contribution in [0.15, 0.2) is 36.5 Å². The zero-order valence-corrected chi connectivity index (χ0v) is 13.9. The summed E-state index contributed by atoms with van der Waals surface area (Å²) in [4.78, 5) is 12.3. The zero-order valence-electron chi connectivity index (χ0n) is 12.3. The third-order valence-electron chi connectivity index (χ3n) is 3.61. The Kier molecular flexibility index (Phi) is 6.01. The van der Waals surface area contributed by atoms with E-state index in [1.54, 1.807) is 29.1 Å². The highest BCUT2D eigenvalue weighted by atomic mass is 35.5. The number of carbonyl (C=O) groups excluding carboxylic acids is 1. The Balaban J connectivity index is 0.00000192. The Bertz CT molecular complexity index is 677. The van der Waals surface area contributed by atoms with Crippen molar-refractivity contribution in [1.82, 2.24) is 9.78 Å². The van der Waals surface area contributed by atoms with Gasteiger partial charge in [0.05, 0.1) is 18.0 Å². The van der Waals surface area contributed by atoms with Gasteiger partial charge in [-0.2, -0.15) is 5.10 Å². The summed E-state index contributed by atoms with van der Waals surface area (Å²) in [5.74, 6) is 0.395. The Hall–Kier alpha value is -1.60. The molecule has 1 aromatic heterocycles. The van der Waals surface area contributed by atoms with Crippen molar-refractivity contribution in [2.75, 3.05) is 11.9 Å². The second-order valence-corrected chi connectivity index (χ2v) is 5.59. The topological polar surface area (TPSA) is 82.2 Å². The van der Waals surface area contributed by atoms with Crippen LogP contribution in [0.1, 0.15) is 12.8 Å². The molecule has 2 aromatic rings. The lowest BCUT2D eigenvalue weighted by Gasteiger charge is -2.14. The zero-order chi connectivity index (χ0) is 15.5. The first kappa shape index (κ1) is 17.7. The summed E-state index contributed by atoms with van der Waals surface area (Å²) >= 11 is 6.00. The third-order valence-corrected chi connectivity index (χ3v) is 3.84. The van der Waals surface area contributed by atoms with E-state index >= 15 is 0 Å². The van der Waals surface area contributed by atoms with E-state index in [4.69, 9.17) is 22.1 Å². The van der Waals surface area contributed by atoms with Crippen molar-refractivity contribution < 1.29 is 9.53 Å². The summed E-state index contributed by atoms with van der Waals surface area (Å²) in [5, 5.41) is 7.68. The number of rotatable bonds is 4. The molecule has 1 amide bonds. The molecule has 3 N–H and O–H groups in total. The quantitative estimate of drug-likeness (QED) is 0.880. The number of aromatic nitrogens is 2. The van der Waals surface area contributed by atoms with Crippen molar-refractivity contribution in [1.29, 1.82) is 0 Å². The van der Waals surface area contributed by atoms with Crippen LogP contribution in [0.5, 0.6) is 0 Å². The van der Waals surface area contributed by atoms with Crippen LogP contribution in [-0.4, -0.2) is 34.4 Å². The first-order valence-electron chi connectivity index (χ1n) is 7.13. The van der Waals surface area contributed by atoms with Crippen molar-refractivity contribution in [3.05, 3.63) is 41.6 Å². The van der Waals surface area contributed by atoms with Crippen LogP contribution in [0, 0.1) is 0 Å². The molecule has 0 bridgehead atoms. The van der Waals surface area contributed by atoms with Crippen molar-refractivity contribution >= 4 is 35.7 Å². The fourth-order valence-electron chi connectivity index (χ4n) is 2.49. The van der Waals surface area contributed by atoms with Gasteiger partial charge in [0, 0.05) is 17.6 Å². The summed E-state index contributed by atoms with van der Waals surface area (Å²) in [7, 11) is 0. The molecule has 1 saturated heterocycles. The van der Waals surface area contributed by atoms with Crippen molar-refractivity contribution in [2.45, 2.75) is 25.0 Å². The molecule has 124 valence electrons. The van der Waals surface area contributed by atoms with E-state index in [1.807, 2.05) is 12.1 Å². The molecule has 1 aromatic carbocycles. The maximum absolute atomic E-state index is 12.3. The van der Waals surface area contributed by atoms with Crippen LogP contribution < -0.4 is 11.1 Å². The van der Waals surface area contributed by atoms with E-state index in [1.165, 1.54) is 0 Å². The van der Waals surface area contributed by atoms with Gasteiger partial charge in [-0.3, -0.25) is 4.79 Å². The number of halogens is 2. The average molecular weight is 357 g/mol. The van der Waals surface area contributed by atoms with Crippen LogP contribution in [0.2, 0.25) is 5.02 Å². The van der Waals surface area contributed by atoms with Gasteiger partial charge in [0.1, 0.15) is 11.9 Å². The van der Waals surface area contributed by atoms with Crippen LogP contribution in [0.4, 0.5) is 5.82 Å². The molecule has 1 aliphatic heterocycles. The largest absolute Gasteiger partial charge is 0.364 e. The summed E-state index contributed by atoms with van der Waals surface area (Å²) < 4.78 is 7.22. The van der Waals surface area contributed by atoms with Gasteiger partial charge in [0.15, 0.2) is 0 Å². The maximum atomic E-state index is 12.3. The summed E-state index contributed by atoms with van der Waals surface area (Å²) in [6, 6.07) is 8.99. The number of nitrogens with one attached hydrogen (secondary N) is 1. The molecule has 0 saturated carbocycles. The van der Waals surface area contributed by atoms with Gasteiger partial charge in [-0.05, 0) is 31.0 Å². The SMILES string of the molecule is Cl.NC[C@H]1CC[C@@H](C(=O)Nc2ccnn2-c2cccc(Cl)c2)O1. The minimum Gasteiger partial charge on any atom is -0.364 e. The number of hydrogen-bond acceptors (Lipinski definition) is 4. The molecule has 2 atom stereocenters. The fourth-order valence-corrected chi connectivity index (χ4v) is 2.67. The van der Waals surface area contributed by atoms with Gasteiger partial charge in [-0.25, -0.2) is 4.68 Å². The molecule has 0 radical (unpaired) electrons. The van der Waals surface area contributed by atoms with Gasteiger partial charge in [0.2, 0.25) is 0 Å². The second kappa shape index (κ2) is 7.79. The molecule has 3 rings (SSSR count). The van der Waals surface area contributed by atoms with Gasteiger partial charge in [-0.1, -0.05) is 17.7 Å². The lowest BCUT2D eigenvalue weighted by molar-refractivity contribution is -0.126. The normalized spacial score (nSPS) is 20.1. The van der Waals surface area contributed by atoms with Gasteiger partial charge in [0.25, 0.3) is 5.91 Å². The molecular weight excluding hydrogens is 339 g/mol. The Labute approximate surface area is 145 Å². The smallest absolute Gasteiger partial charge is 0.254 e. The number of anilines is 1. The highest BCUT2D eigenvalue weighted by molar-refractivity contribution is 6.30. The standard InChI is InChI=1S/C15H17ClN4O2.ClH/c16-10-2-1-3-11(8-10)20-14(6-7-18-20)19-15(21)13-5-4-12(9-17)22-13;/h1-3,6-8,12-13H,4-5,9,17H2,(H,19,21);1H/t12-,13+;/m1./s1. The third kappa shape index (κ3) is 4.03.